The summed E-state index contributed by atoms with van der Waals surface area (Å²) in [6, 6.07) is 20.2. The predicted octanol–water partition coefficient (Wildman–Crippen LogP) is 3.04. The predicted molar refractivity (Wildman–Crippen MR) is 114 cm³/mol. The lowest BCUT2D eigenvalue weighted by Gasteiger charge is -2.11. The van der Waals surface area contributed by atoms with Gasteiger partial charge in [-0.3, -0.25) is 9.79 Å². The number of hydrogen-bond acceptors (Lipinski definition) is 3. The standard InChI is InChI=1S/C21H28N4OS/c1-2-22-21(24-15-16-27-19-11-7-4-8-12-19)23-14-13-20(26)25-17-18-9-5-3-6-10-18/h3-12H,2,13-17H2,1H3,(H,25,26)(H2,22,23,24). The van der Waals surface area contributed by atoms with E-state index in [1.165, 1.54) is 4.90 Å². The van der Waals surface area contributed by atoms with Gasteiger partial charge in [0.05, 0.1) is 6.54 Å². The van der Waals surface area contributed by atoms with Crippen LogP contribution in [0.2, 0.25) is 0 Å². The maximum absolute atomic E-state index is 11.9. The second kappa shape index (κ2) is 12.8. The van der Waals surface area contributed by atoms with E-state index in [4.69, 9.17) is 0 Å². The summed E-state index contributed by atoms with van der Waals surface area (Å²) in [5, 5.41) is 9.44. The highest BCUT2D eigenvalue weighted by Gasteiger charge is 2.02. The fourth-order valence-corrected chi connectivity index (χ4v) is 3.14. The van der Waals surface area contributed by atoms with E-state index in [9.17, 15) is 4.79 Å². The molecular weight excluding hydrogens is 356 g/mol. The fraction of sp³-hybridized carbons (Fsp3) is 0.333. The highest BCUT2D eigenvalue weighted by molar-refractivity contribution is 7.99. The molecule has 2 aromatic carbocycles. The molecule has 3 N–H and O–H groups in total. The zero-order chi connectivity index (χ0) is 19.2. The summed E-state index contributed by atoms with van der Waals surface area (Å²) in [6.07, 6.45) is 0.377. The molecule has 0 fully saturated rings. The SMILES string of the molecule is CCNC(=NCCC(=O)NCc1ccccc1)NCCSc1ccccc1. The minimum absolute atomic E-state index is 0.0121. The second-order valence-electron chi connectivity index (χ2n) is 5.86. The first kappa shape index (κ1) is 20.8. The second-order valence-corrected chi connectivity index (χ2v) is 7.03. The topological polar surface area (TPSA) is 65.5 Å². The molecule has 2 rings (SSSR count). The van der Waals surface area contributed by atoms with Crippen LogP contribution in [-0.2, 0) is 11.3 Å². The van der Waals surface area contributed by atoms with Crippen molar-refractivity contribution in [3.63, 3.8) is 0 Å². The van der Waals surface area contributed by atoms with E-state index >= 15 is 0 Å². The van der Waals surface area contributed by atoms with Gasteiger partial charge in [0.15, 0.2) is 5.96 Å². The Morgan fingerprint density at radius 3 is 2.37 bits per heavy atom. The Kier molecular flexibility index (Phi) is 9.89. The van der Waals surface area contributed by atoms with Crippen molar-refractivity contribution in [2.75, 3.05) is 25.4 Å². The number of hydrogen-bond donors (Lipinski definition) is 3. The third kappa shape index (κ3) is 9.15. The van der Waals surface area contributed by atoms with Gasteiger partial charge in [0.2, 0.25) is 5.91 Å². The van der Waals surface area contributed by atoms with E-state index in [1.807, 2.05) is 55.5 Å². The van der Waals surface area contributed by atoms with Gasteiger partial charge >= 0.3 is 0 Å². The largest absolute Gasteiger partial charge is 0.357 e. The van der Waals surface area contributed by atoms with Crippen LogP contribution in [0.15, 0.2) is 70.6 Å². The number of guanidine groups is 1. The molecule has 5 nitrogen and oxygen atoms in total. The molecule has 2 aromatic rings. The van der Waals surface area contributed by atoms with Crippen LogP contribution in [0.3, 0.4) is 0 Å². The minimum atomic E-state index is 0.0121. The van der Waals surface area contributed by atoms with Crippen molar-refractivity contribution < 1.29 is 4.79 Å². The minimum Gasteiger partial charge on any atom is -0.357 e. The van der Waals surface area contributed by atoms with Gasteiger partial charge in [-0.05, 0) is 24.6 Å². The zero-order valence-corrected chi connectivity index (χ0v) is 16.6. The number of amides is 1. The molecule has 0 unspecified atom stereocenters. The van der Waals surface area contributed by atoms with Crippen LogP contribution in [0.4, 0.5) is 0 Å². The van der Waals surface area contributed by atoms with Crippen LogP contribution in [0, 0.1) is 0 Å². The highest BCUT2D eigenvalue weighted by atomic mass is 32.2. The lowest BCUT2D eigenvalue weighted by Crippen LogP contribution is -2.38. The number of nitrogens with zero attached hydrogens (tertiary/aromatic N) is 1. The summed E-state index contributed by atoms with van der Waals surface area (Å²) in [4.78, 5) is 17.7. The van der Waals surface area contributed by atoms with Crippen LogP contribution in [0.25, 0.3) is 0 Å². The number of carbonyl (C=O) groups is 1. The molecule has 0 saturated carbocycles. The Morgan fingerprint density at radius 2 is 1.67 bits per heavy atom. The van der Waals surface area contributed by atoms with E-state index in [-0.39, 0.29) is 5.91 Å². The molecule has 0 radical (unpaired) electrons. The van der Waals surface area contributed by atoms with Crippen LogP contribution in [-0.4, -0.2) is 37.3 Å². The zero-order valence-electron chi connectivity index (χ0n) is 15.8. The van der Waals surface area contributed by atoms with Crippen molar-refractivity contribution in [2.24, 2.45) is 4.99 Å². The lowest BCUT2D eigenvalue weighted by atomic mass is 10.2. The summed E-state index contributed by atoms with van der Waals surface area (Å²) < 4.78 is 0. The van der Waals surface area contributed by atoms with Crippen molar-refractivity contribution in [1.82, 2.24) is 16.0 Å². The first-order valence-corrected chi connectivity index (χ1v) is 10.3. The number of rotatable bonds is 10. The molecule has 0 aliphatic carbocycles. The quantitative estimate of drug-likeness (QED) is 0.255. The lowest BCUT2D eigenvalue weighted by molar-refractivity contribution is -0.121. The molecule has 0 aromatic heterocycles. The van der Waals surface area contributed by atoms with E-state index in [2.05, 4.69) is 33.1 Å². The molecule has 27 heavy (non-hydrogen) atoms. The summed E-state index contributed by atoms with van der Waals surface area (Å²) in [6.45, 7) is 4.64. The Labute approximate surface area is 166 Å². The highest BCUT2D eigenvalue weighted by Crippen LogP contribution is 2.15. The molecule has 0 atom stereocenters. The van der Waals surface area contributed by atoms with E-state index in [0.29, 0.717) is 19.5 Å². The summed E-state index contributed by atoms with van der Waals surface area (Å²) in [5.41, 5.74) is 1.10. The van der Waals surface area contributed by atoms with Crippen molar-refractivity contribution in [2.45, 2.75) is 24.8 Å². The third-order valence-electron chi connectivity index (χ3n) is 3.69. The summed E-state index contributed by atoms with van der Waals surface area (Å²) >= 11 is 1.80. The van der Waals surface area contributed by atoms with Crippen molar-refractivity contribution >= 4 is 23.6 Å². The van der Waals surface area contributed by atoms with Crippen LogP contribution in [0.1, 0.15) is 18.9 Å². The van der Waals surface area contributed by atoms with Crippen LogP contribution in [0.5, 0.6) is 0 Å². The number of aliphatic imine (C=N–C) groups is 1. The molecule has 6 heteroatoms. The van der Waals surface area contributed by atoms with E-state index < -0.39 is 0 Å². The van der Waals surface area contributed by atoms with Gasteiger partial charge in [0, 0.05) is 36.7 Å². The monoisotopic (exact) mass is 384 g/mol. The number of thioether (sulfide) groups is 1. The van der Waals surface area contributed by atoms with Gasteiger partial charge < -0.3 is 16.0 Å². The number of carbonyl (C=O) groups excluding carboxylic acids is 1. The van der Waals surface area contributed by atoms with Gasteiger partial charge in [0.1, 0.15) is 0 Å². The van der Waals surface area contributed by atoms with Gasteiger partial charge in [-0.1, -0.05) is 48.5 Å². The molecule has 0 bridgehead atoms. The van der Waals surface area contributed by atoms with Gasteiger partial charge in [-0.25, -0.2) is 0 Å². The van der Waals surface area contributed by atoms with Gasteiger partial charge in [-0.15, -0.1) is 11.8 Å². The molecule has 0 spiro atoms. The van der Waals surface area contributed by atoms with Crippen molar-refractivity contribution in [3.05, 3.63) is 66.2 Å². The third-order valence-corrected chi connectivity index (χ3v) is 4.71. The van der Waals surface area contributed by atoms with Gasteiger partial charge in [-0.2, -0.15) is 0 Å². The van der Waals surface area contributed by atoms with Crippen LogP contribution >= 0.6 is 11.8 Å². The maximum Gasteiger partial charge on any atom is 0.222 e. The van der Waals surface area contributed by atoms with E-state index in [1.54, 1.807) is 11.8 Å². The number of nitrogens with one attached hydrogen (secondary N) is 3. The summed E-state index contributed by atoms with van der Waals surface area (Å²) in [7, 11) is 0. The molecule has 144 valence electrons. The van der Waals surface area contributed by atoms with Crippen molar-refractivity contribution in [1.29, 1.82) is 0 Å². The Hall–Kier alpha value is -2.47. The first-order valence-electron chi connectivity index (χ1n) is 9.28. The molecule has 1 amide bonds. The molecule has 0 heterocycles. The number of benzene rings is 2. The molecular formula is C21H28N4OS. The average Bonchev–Trinajstić information content (AvgIpc) is 2.71. The Balaban J connectivity index is 1.65. The van der Waals surface area contributed by atoms with Crippen molar-refractivity contribution in [3.8, 4) is 0 Å². The molecule has 0 saturated heterocycles. The van der Waals surface area contributed by atoms with E-state index in [0.717, 1.165) is 30.4 Å². The Bertz CT molecular complexity index is 692. The molecule has 0 aliphatic rings. The fourth-order valence-electron chi connectivity index (χ4n) is 2.35. The smallest absolute Gasteiger partial charge is 0.222 e. The first-order chi connectivity index (χ1) is 13.3. The summed E-state index contributed by atoms with van der Waals surface area (Å²) in [5.74, 6) is 1.71. The molecule has 0 aliphatic heterocycles. The Morgan fingerprint density at radius 1 is 0.963 bits per heavy atom. The van der Waals surface area contributed by atoms with Crippen LogP contribution < -0.4 is 16.0 Å². The van der Waals surface area contributed by atoms with Gasteiger partial charge in [0.25, 0.3) is 0 Å². The maximum atomic E-state index is 11.9. The normalized spacial score (nSPS) is 11.1. The average molecular weight is 385 g/mol.